The topological polar surface area (TPSA) is 110 Å². The van der Waals surface area contributed by atoms with Crippen molar-refractivity contribution in [2.24, 2.45) is 5.41 Å². The fourth-order valence-corrected chi connectivity index (χ4v) is 4.29. The number of carbonyl (C=O) groups is 1. The van der Waals surface area contributed by atoms with Crippen LogP contribution in [0.4, 0.5) is 10.6 Å². The summed E-state index contributed by atoms with van der Waals surface area (Å²) in [4.78, 5) is 21.7. The summed E-state index contributed by atoms with van der Waals surface area (Å²) in [5.41, 5.74) is 6.47. The first kappa shape index (κ1) is 17.2. The van der Waals surface area contributed by atoms with Gasteiger partial charge in [0.25, 0.3) is 0 Å². The van der Waals surface area contributed by atoms with Crippen LogP contribution < -0.4 is 5.73 Å². The molecule has 3 N–H and O–H groups in total. The summed E-state index contributed by atoms with van der Waals surface area (Å²) in [6.45, 7) is 6.71. The van der Waals surface area contributed by atoms with Gasteiger partial charge in [-0.15, -0.1) is 0 Å². The van der Waals surface area contributed by atoms with E-state index in [-0.39, 0.29) is 17.5 Å². The summed E-state index contributed by atoms with van der Waals surface area (Å²) < 4.78 is 2.48. The molecule has 2 unspecified atom stereocenters. The van der Waals surface area contributed by atoms with E-state index in [9.17, 15) is 9.90 Å². The Morgan fingerprint density at radius 1 is 1.42 bits per heavy atom. The minimum Gasteiger partial charge on any atom is -0.465 e. The Morgan fingerprint density at radius 3 is 2.75 bits per heavy atom. The number of aromatic nitrogens is 4. The van der Waals surface area contributed by atoms with Gasteiger partial charge in [0.1, 0.15) is 15.8 Å². The lowest BCUT2D eigenvalue weighted by Crippen LogP contribution is -2.47. The van der Waals surface area contributed by atoms with Gasteiger partial charge in [0, 0.05) is 6.04 Å². The second kappa shape index (κ2) is 6.01. The smallest absolute Gasteiger partial charge is 0.407 e. The molecular weight excluding hydrogens is 423 g/mol. The van der Waals surface area contributed by atoms with Crippen molar-refractivity contribution in [1.29, 1.82) is 0 Å². The number of amides is 1. The lowest BCUT2D eigenvalue weighted by atomic mass is 9.85. The number of nitrogen functional groups attached to an aromatic ring is 1. The highest BCUT2D eigenvalue weighted by molar-refractivity contribution is 14.1. The number of fused-ring (bicyclic) bond motifs is 1. The maximum absolute atomic E-state index is 11.8. The molecule has 24 heavy (non-hydrogen) atoms. The van der Waals surface area contributed by atoms with Crippen LogP contribution in [0.2, 0.25) is 0 Å². The third-order valence-electron chi connectivity index (χ3n) is 4.62. The van der Waals surface area contributed by atoms with Gasteiger partial charge in [-0.1, -0.05) is 20.8 Å². The van der Waals surface area contributed by atoms with Crippen LogP contribution >= 0.6 is 22.6 Å². The molecule has 2 aromatic heterocycles. The summed E-state index contributed by atoms with van der Waals surface area (Å²) in [5.74, 6) is 0.393. The van der Waals surface area contributed by atoms with Crippen molar-refractivity contribution in [2.45, 2.75) is 52.2 Å². The number of rotatable bonds is 2. The van der Waals surface area contributed by atoms with E-state index >= 15 is 0 Å². The summed E-state index contributed by atoms with van der Waals surface area (Å²) in [7, 11) is 0. The van der Waals surface area contributed by atoms with Gasteiger partial charge in [-0.3, -0.25) is 0 Å². The first-order chi connectivity index (χ1) is 11.2. The highest BCUT2D eigenvalue weighted by Gasteiger charge is 2.43. The van der Waals surface area contributed by atoms with Crippen LogP contribution in [0.15, 0.2) is 6.33 Å². The van der Waals surface area contributed by atoms with Crippen LogP contribution in [0.25, 0.3) is 11.0 Å². The molecule has 2 atom stereocenters. The maximum atomic E-state index is 11.8. The molecule has 8 nitrogen and oxygen atoms in total. The van der Waals surface area contributed by atoms with Gasteiger partial charge in [0.2, 0.25) is 0 Å². The number of nitrogens with zero attached hydrogens (tertiary/aromatic N) is 5. The van der Waals surface area contributed by atoms with Crippen molar-refractivity contribution in [3.63, 3.8) is 0 Å². The molecule has 1 aliphatic heterocycles. The quantitative estimate of drug-likeness (QED) is 0.690. The molecule has 0 spiro atoms. The zero-order valence-electron chi connectivity index (χ0n) is 13.9. The molecule has 0 aromatic carbocycles. The van der Waals surface area contributed by atoms with Crippen molar-refractivity contribution in [3.8, 4) is 0 Å². The van der Waals surface area contributed by atoms with E-state index in [2.05, 4.69) is 58.4 Å². The van der Waals surface area contributed by atoms with E-state index in [1.54, 1.807) is 9.58 Å². The number of halogens is 1. The zero-order valence-corrected chi connectivity index (χ0v) is 16.1. The van der Waals surface area contributed by atoms with Crippen LogP contribution in [0, 0.1) is 9.12 Å². The van der Waals surface area contributed by atoms with Gasteiger partial charge < -0.3 is 15.7 Å². The molecule has 0 radical (unpaired) electrons. The molecule has 0 bridgehead atoms. The van der Waals surface area contributed by atoms with Crippen molar-refractivity contribution in [3.05, 3.63) is 10.0 Å². The molecule has 130 valence electrons. The lowest BCUT2D eigenvalue weighted by molar-refractivity contribution is 0.0823. The monoisotopic (exact) mass is 444 g/mol. The summed E-state index contributed by atoms with van der Waals surface area (Å²) in [6, 6.07) is -0.123. The molecule has 1 aliphatic rings. The molecular formula is C15H21IN6O2. The van der Waals surface area contributed by atoms with Gasteiger partial charge in [0.15, 0.2) is 5.65 Å². The van der Waals surface area contributed by atoms with E-state index in [1.807, 2.05) is 0 Å². The SMILES string of the molecule is CC(C)(C)C1CCC(Cn2nc(I)c3c(N)ncnc32)N1C(=O)O. The number of likely N-dealkylation sites (tertiary alicyclic amines) is 1. The first-order valence-electron chi connectivity index (χ1n) is 7.84. The van der Waals surface area contributed by atoms with Gasteiger partial charge in [-0.2, -0.15) is 5.10 Å². The van der Waals surface area contributed by atoms with Crippen LogP contribution in [-0.4, -0.2) is 47.9 Å². The first-order valence-corrected chi connectivity index (χ1v) is 8.91. The Morgan fingerprint density at radius 2 is 2.12 bits per heavy atom. The highest BCUT2D eigenvalue weighted by Crippen LogP contribution is 2.37. The molecule has 3 rings (SSSR count). The van der Waals surface area contributed by atoms with E-state index in [4.69, 9.17) is 5.73 Å². The molecule has 1 saturated heterocycles. The van der Waals surface area contributed by atoms with E-state index in [0.717, 1.165) is 21.9 Å². The molecule has 0 saturated carbocycles. The second-order valence-electron chi connectivity index (χ2n) is 7.23. The number of carboxylic acid groups (broad SMARTS) is 1. The molecule has 9 heteroatoms. The molecule has 1 fully saturated rings. The van der Waals surface area contributed by atoms with Gasteiger partial charge >= 0.3 is 6.09 Å². The summed E-state index contributed by atoms with van der Waals surface area (Å²) in [6.07, 6.45) is 2.20. The highest BCUT2D eigenvalue weighted by atomic mass is 127. The van der Waals surface area contributed by atoms with Crippen molar-refractivity contribution in [2.75, 3.05) is 5.73 Å². The number of hydrogen-bond acceptors (Lipinski definition) is 5. The van der Waals surface area contributed by atoms with Crippen LogP contribution in [0.3, 0.4) is 0 Å². The van der Waals surface area contributed by atoms with Gasteiger partial charge in [0.05, 0.1) is 18.0 Å². The Labute approximate surface area is 153 Å². The molecule has 0 aliphatic carbocycles. The van der Waals surface area contributed by atoms with Crippen LogP contribution in [0.5, 0.6) is 0 Å². The van der Waals surface area contributed by atoms with Gasteiger partial charge in [-0.05, 0) is 40.8 Å². The predicted molar refractivity (Wildman–Crippen MR) is 98.6 cm³/mol. The average Bonchev–Trinajstić information content (AvgIpc) is 3.02. The molecule has 2 aromatic rings. The minimum atomic E-state index is -0.877. The summed E-state index contributed by atoms with van der Waals surface area (Å²) in [5, 5.41) is 14.9. The zero-order chi connectivity index (χ0) is 17.6. The predicted octanol–water partition coefficient (Wildman–Crippen LogP) is 2.57. The van der Waals surface area contributed by atoms with Gasteiger partial charge in [-0.25, -0.2) is 19.4 Å². The Bertz CT molecular complexity index is 784. The summed E-state index contributed by atoms with van der Waals surface area (Å²) >= 11 is 2.10. The lowest BCUT2D eigenvalue weighted by Gasteiger charge is -2.36. The normalized spacial score (nSPS) is 21.6. The van der Waals surface area contributed by atoms with E-state index in [0.29, 0.717) is 18.0 Å². The largest absolute Gasteiger partial charge is 0.465 e. The number of nitrogens with two attached hydrogens (primary N) is 1. The number of anilines is 1. The fraction of sp³-hybridized carbons (Fsp3) is 0.600. The average molecular weight is 444 g/mol. The second-order valence-corrected chi connectivity index (χ2v) is 8.26. The van der Waals surface area contributed by atoms with Crippen molar-refractivity contribution in [1.82, 2.24) is 24.6 Å². The minimum absolute atomic E-state index is 0.000550. The van der Waals surface area contributed by atoms with Crippen molar-refractivity contribution >= 4 is 45.5 Å². The Balaban J connectivity index is 1.94. The van der Waals surface area contributed by atoms with E-state index < -0.39 is 6.09 Å². The fourth-order valence-electron chi connectivity index (χ4n) is 3.52. The maximum Gasteiger partial charge on any atom is 0.407 e. The van der Waals surface area contributed by atoms with E-state index in [1.165, 1.54) is 6.33 Å². The standard InChI is InChI=1S/C15H21IN6O2/c1-15(2,3)9-5-4-8(22(9)14(23)24)6-21-13-10(11(16)20-21)12(17)18-7-19-13/h7-9H,4-6H2,1-3H3,(H,23,24)(H2,17,18,19). The van der Waals surface area contributed by atoms with Crippen LogP contribution in [0.1, 0.15) is 33.6 Å². The molecule has 3 heterocycles. The number of hydrogen-bond donors (Lipinski definition) is 2. The molecule has 1 amide bonds. The van der Waals surface area contributed by atoms with Crippen molar-refractivity contribution < 1.29 is 9.90 Å². The third-order valence-corrected chi connectivity index (χ3v) is 5.38. The van der Waals surface area contributed by atoms with Crippen LogP contribution in [-0.2, 0) is 6.54 Å². The third kappa shape index (κ3) is 2.89. The Kier molecular flexibility index (Phi) is 4.30. The Hall–Kier alpha value is -1.65.